The number of nitrogens with one attached hydrogen (secondary N) is 1. The Morgan fingerprint density at radius 2 is 1.95 bits per heavy atom. The highest BCUT2D eigenvalue weighted by atomic mass is 35.5. The van der Waals surface area contributed by atoms with Gasteiger partial charge in [-0.05, 0) is 42.8 Å². The van der Waals surface area contributed by atoms with Gasteiger partial charge in [0.1, 0.15) is 11.3 Å². The maximum Gasteiger partial charge on any atom is 0.271 e. The highest BCUT2D eigenvalue weighted by molar-refractivity contribution is 6.33. The van der Waals surface area contributed by atoms with Gasteiger partial charge in [-0.3, -0.25) is 14.7 Å². The third-order valence-corrected chi connectivity index (χ3v) is 7.03. The van der Waals surface area contributed by atoms with Gasteiger partial charge in [0.05, 0.1) is 53.1 Å². The maximum absolute atomic E-state index is 12.0. The number of anilines is 1. The molecule has 1 fully saturated rings. The van der Waals surface area contributed by atoms with E-state index >= 15 is 0 Å². The number of hydrogen-bond donors (Lipinski definition) is 3. The van der Waals surface area contributed by atoms with Crippen molar-refractivity contribution in [3.05, 3.63) is 87.4 Å². The SMILES string of the molecule is C[C@@](O)(CN1CCN(c2ccc(C#N)cc2Cl)[C@H](c2ccc(Cl)cc2)C1)c1cnc(C(=O)NCCO)cn1. The number of aliphatic hydroxyl groups is 2. The van der Waals surface area contributed by atoms with Crippen molar-refractivity contribution in [2.45, 2.75) is 18.6 Å². The molecule has 0 unspecified atom stereocenters. The van der Waals surface area contributed by atoms with E-state index in [9.17, 15) is 15.2 Å². The number of aliphatic hydroxyl groups excluding tert-OH is 1. The standard InChI is InChI=1S/C27H28Cl2N6O3/c1-27(38,25-15-32-22(14-33-25)26(37)31-8-11-36)17-34-9-10-35(23-7-2-18(13-30)12-21(23)29)24(16-34)19-3-5-20(28)6-4-19/h2-7,12,14-15,24,36,38H,8-11,16-17H2,1H3,(H,31,37)/t24-,27+/m0/s1. The van der Waals surface area contributed by atoms with Crippen LogP contribution in [0.15, 0.2) is 54.9 Å². The first-order valence-corrected chi connectivity index (χ1v) is 12.9. The lowest BCUT2D eigenvalue weighted by Crippen LogP contribution is -2.52. The minimum absolute atomic E-state index is 0.0917. The predicted molar refractivity (Wildman–Crippen MR) is 145 cm³/mol. The molecule has 0 aliphatic carbocycles. The molecular weight excluding hydrogens is 527 g/mol. The normalized spacial score (nSPS) is 17.5. The molecule has 1 aliphatic rings. The molecule has 1 aliphatic heterocycles. The average molecular weight is 555 g/mol. The Labute approximate surface area is 231 Å². The number of halogens is 2. The number of rotatable bonds is 8. The third-order valence-electron chi connectivity index (χ3n) is 6.47. The topological polar surface area (TPSA) is 126 Å². The van der Waals surface area contributed by atoms with Crippen molar-refractivity contribution < 1.29 is 15.0 Å². The molecule has 2 atom stereocenters. The Balaban J connectivity index is 1.54. The zero-order valence-corrected chi connectivity index (χ0v) is 22.3. The highest BCUT2D eigenvalue weighted by Crippen LogP contribution is 2.36. The van der Waals surface area contributed by atoms with Crippen molar-refractivity contribution >= 4 is 34.8 Å². The molecule has 9 nitrogen and oxygen atoms in total. The fraction of sp³-hybridized carbons (Fsp3) is 0.333. The van der Waals surface area contributed by atoms with E-state index in [1.165, 1.54) is 12.4 Å². The molecule has 1 amide bonds. The zero-order chi connectivity index (χ0) is 27.3. The molecule has 0 saturated carbocycles. The molecule has 0 bridgehead atoms. The molecule has 198 valence electrons. The molecular formula is C27H28Cl2N6O3. The van der Waals surface area contributed by atoms with E-state index in [0.717, 1.165) is 11.3 Å². The van der Waals surface area contributed by atoms with Crippen LogP contribution in [0, 0.1) is 11.3 Å². The Bertz CT molecular complexity index is 1310. The number of carbonyl (C=O) groups is 1. The maximum atomic E-state index is 12.0. The van der Waals surface area contributed by atoms with Crippen LogP contribution in [0.5, 0.6) is 0 Å². The summed E-state index contributed by atoms with van der Waals surface area (Å²) < 4.78 is 0. The minimum Gasteiger partial charge on any atom is -0.395 e. The molecule has 4 rings (SSSR count). The minimum atomic E-state index is -1.33. The molecule has 38 heavy (non-hydrogen) atoms. The van der Waals surface area contributed by atoms with Gasteiger partial charge < -0.3 is 20.4 Å². The summed E-state index contributed by atoms with van der Waals surface area (Å²) in [6.45, 7) is 3.77. The molecule has 2 aromatic carbocycles. The Kier molecular flexibility index (Phi) is 8.82. The second kappa shape index (κ2) is 12.1. The number of hydrogen-bond acceptors (Lipinski definition) is 8. The van der Waals surface area contributed by atoms with Crippen LogP contribution in [-0.2, 0) is 5.60 Å². The van der Waals surface area contributed by atoms with Crippen molar-refractivity contribution in [2.75, 3.05) is 44.2 Å². The molecule has 1 saturated heterocycles. The van der Waals surface area contributed by atoms with Gasteiger partial charge in [-0.1, -0.05) is 35.3 Å². The van der Waals surface area contributed by atoms with Gasteiger partial charge >= 0.3 is 0 Å². The van der Waals surface area contributed by atoms with Gasteiger partial charge in [0.25, 0.3) is 5.91 Å². The van der Waals surface area contributed by atoms with Crippen molar-refractivity contribution in [1.29, 1.82) is 5.26 Å². The molecule has 3 N–H and O–H groups in total. The van der Waals surface area contributed by atoms with Crippen LogP contribution in [0.1, 0.15) is 40.3 Å². The first-order valence-electron chi connectivity index (χ1n) is 12.1. The van der Waals surface area contributed by atoms with Gasteiger partial charge in [0.2, 0.25) is 0 Å². The molecule has 0 spiro atoms. The lowest BCUT2D eigenvalue weighted by Gasteiger charge is -2.45. The van der Waals surface area contributed by atoms with E-state index in [-0.39, 0.29) is 31.4 Å². The highest BCUT2D eigenvalue weighted by Gasteiger charge is 2.35. The summed E-state index contributed by atoms with van der Waals surface area (Å²) in [5.41, 5.74) is 1.49. The van der Waals surface area contributed by atoms with Crippen molar-refractivity contribution in [2.24, 2.45) is 0 Å². The summed E-state index contributed by atoms with van der Waals surface area (Å²) in [5, 5.41) is 33.1. The van der Waals surface area contributed by atoms with E-state index in [1.807, 2.05) is 30.3 Å². The van der Waals surface area contributed by atoms with Crippen LogP contribution in [0.3, 0.4) is 0 Å². The lowest BCUT2D eigenvalue weighted by atomic mass is 9.97. The van der Waals surface area contributed by atoms with Gasteiger partial charge in [-0.15, -0.1) is 0 Å². The summed E-state index contributed by atoms with van der Waals surface area (Å²) in [7, 11) is 0. The summed E-state index contributed by atoms with van der Waals surface area (Å²) in [4.78, 5) is 24.8. The van der Waals surface area contributed by atoms with Crippen LogP contribution >= 0.6 is 23.2 Å². The quantitative estimate of drug-likeness (QED) is 0.387. The van der Waals surface area contributed by atoms with E-state index in [2.05, 4.69) is 31.2 Å². The van der Waals surface area contributed by atoms with Crippen molar-refractivity contribution in [3.8, 4) is 6.07 Å². The number of nitrogens with zero attached hydrogens (tertiary/aromatic N) is 5. The van der Waals surface area contributed by atoms with Gasteiger partial charge in [-0.25, -0.2) is 4.98 Å². The predicted octanol–water partition coefficient (Wildman–Crippen LogP) is 3.15. The number of aromatic nitrogens is 2. The summed E-state index contributed by atoms with van der Waals surface area (Å²) in [6.07, 6.45) is 2.72. The van der Waals surface area contributed by atoms with Crippen LogP contribution in [0.25, 0.3) is 0 Å². The van der Waals surface area contributed by atoms with Gasteiger partial charge in [0, 0.05) is 37.7 Å². The average Bonchev–Trinajstić information content (AvgIpc) is 2.92. The first-order chi connectivity index (χ1) is 18.2. The number of amides is 1. The molecule has 1 aromatic heterocycles. The third kappa shape index (κ3) is 6.41. The first kappa shape index (κ1) is 27.8. The lowest BCUT2D eigenvalue weighted by molar-refractivity contribution is 0.00641. The van der Waals surface area contributed by atoms with Gasteiger partial charge in [0.15, 0.2) is 0 Å². The van der Waals surface area contributed by atoms with E-state index in [1.54, 1.807) is 19.1 Å². The second-order valence-corrected chi connectivity index (χ2v) is 10.2. The van der Waals surface area contributed by atoms with E-state index < -0.39 is 11.5 Å². The second-order valence-electron chi connectivity index (χ2n) is 9.31. The molecule has 2 heterocycles. The monoisotopic (exact) mass is 554 g/mol. The Hall–Kier alpha value is -3.26. The smallest absolute Gasteiger partial charge is 0.271 e. The van der Waals surface area contributed by atoms with Crippen LogP contribution < -0.4 is 10.2 Å². The van der Waals surface area contributed by atoms with E-state index in [4.69, 9.17) is 28.3 Å². The number of carbonyl (C=O) groups excluding carboxylic acids is 1. The van der Waals surface area contributed by atoms with Crippen LogP contribution in [-0.4, -0.2) is 70.3 Å². The van der Waals surface area contributed by atoms with Crippen molar-refractivity contribution in [1.82, 2.24) is 20.2 Å². The molecule has 11 heteroatoms. The van der Waals surface area contributed by atoms with Crippen LogP contribution in [0.4, 0.5) is 5.69 Å². The summed E-state index contributed by atoms with van der Waals surface area (Å²) in [5.74, 6) is -0.443. The largest absolute Gasteiger partial charge is 0.395 e. The van der Waals surface area contributed by atoms with Crippen LogP contribution in [0.2, 0.25) is 10.0 Å². The van der Waals surface area contributed by atoms with Crippen molar-refractivity contribution in [3.63, 3.8) is 0 Å². The number of nitriles is 1. The number of β-amino-alcohol motifs (C(OH)–C–C–N with tert-alkyl or cyclic N) is 1. The fourth-order valence-electron chi connectivity index (χ4n) is 4.55. The Morgan fingerprint density at radius 3 is 2.58 bits per heavy atom. The molecule has 0 radical (unpaired) electrons. The fourth-order valence-corrected chi connectivity index (χ4v) is 4.97. The Morgan fingerprint density at radius 1 is 1.18 bits per heavy atom. The summed E-state index contributed by atoms with van der Waals surface area (Å²) in [6, 6.07) is 15.0. The number of benzene rings is 2. The number of piperazine rings is 1. The zero-order valence-electron chi connectivity index (χ0n) is 20.8. The summed E-state index contributed by atoms with van der Waals surface area (Å²) >= 11 is 12.7. The van der Waals surface area contributed by atoms with E-state index in [0.29, 0.717) is 40.9 Å². The van der Waals surface area contributed by atoms with Gasteiger partial charge in [-0.2, -0.15) is 5.26 Å². The molecule has 3 aromatic rings.